The molecule has 7 heteroatoms. The van der Waals surface area contributed by atoms with Gasteiger partial charge in [0.05, 0.1) is 5.56 Å². The quantitative estimate of drug-likeness (QED) is 0.142. The van der Waals surface area contributed by atoms with Crippen molar-refractivity contribution in [2.45, 2.75) is 130 Å². The van der Waals surface area contributed by atoms with Crippen LogP contribution in [-0.2, 0) is 9.59 Å². The van der Waals surface area contributed by atoms with Crippen molar-refractivity contribution in [3.63, 3.8) is 0 Å². The Morgan fingerprint density at radius 1 is 0.622 bits per heavy atom. The van der Waals surface area contributed by atoms with Crippen LogP contribution in [0, 0.1) is 0 Å². The molecular weight excluding hydrogens is 470 g/mol. The summed E-state index contributed by atoms with van der Waals surface area (Å²) in [6.45, 7) is 5.85. The first kappa shape index (κ1) is 39.1. The van der Waals surface area contributed by atoms with Crippen molar-refractivity contribution >= 4 is 17.9 Å². The van der Waals surface area contributed by atoms with Gasteiger partial charge in [-0.3, -0.25) is 9.59 Å². The molecule has 1 rings (SSSR count). The second-order valence-corrected chi connectivity index (χ2v) is 9.03. The van der Waals surface area contributed by atoms with Gasteiger partial charge in [0, 0.05) is 13.3 Å². The number of hydrogen-bond donors (Lipinski definition) is 4. The first-order valence-electron chi connectivity index (χ1n) is 14.1. The van der Waals surface area contributed by atoms with E-state index in [9.17, 15) is 9.59 Å². The maximum absolute atomic E-state index is 10.2. The molecule has 0 aliphatic heterocycles. The largest absolute Gasteiger partial charge is 0.481 e. The molecule has 0 unspecified atom stereocenters. The van der Waals surface area contributed by atoms with Gasteiger partial charge in [-0.2, -0.15) is 0 Å². The fraction of sp³-hybridized carbons (Fsp3) is 0.700. The minimum atomic E-state index is -0.879. The van der Waals surface area contributed by atoms with Crippen LogP contribution in [0.25, 0.3) is 0 Å². The van der Waals surface area contributed by atoms with Crippen LogP contribution < -0.4 is 5.73 Å². The monoisotopic (exact) mass is 525 g/mol. The minimum Gasteiger partial charge on any atom is -0.481 e. The maximum atomic E-state index is 10.2. The number of carboxylic acid groups (broad SMARTS) is 3. The number of carboxylic acids is 3. The van der Waals surface area contributed by atoms with E-state index >= 15 is 0 Å². The van der Waals surface area contributed by atoms with E-state index in [1.54, 1.807) is 37.3 Å². The molecule has 37 heavy (non-hydrogen) atoms. The average molecular weight is 526 g/mol. The number of unbranched alkanes of at least 4 members (excludes halogenated alkanes) is 15. The zero-order chi connectivity index (χ0) is 28.6. The van der Waals surface area contributed by atoms with Crippen molar-refractivity contribution in [3.05, 3.63) is 35.9 Å². The summed E-state index contributed by atoms with van der Waals surface area (Å²) < 4.78 is 0. The standard InChI is InChI=1S/C18H39N.C7H6O2.C3H6O2.C2H4O2/c1-2-3-4-5-6-7-8-9-10-11-12-13-14-15-16-17-18-19;8-7(9)6-4-2-1-3-5-6;1-2-3(4)5;1-2(3)4/h2-19H2,1H3;1-5H,(H,8,9);2H2,1H3,(H,4,5);1H3,(H,3,4). The molecule has 0 amide bonds. The van der Waals surface area contributed by atoms with Crippen molar-refractivity contribution in [3.8, 4) is 0 Å². The van der Waals surface area contributed by atoms with Crippen molar-refractivity contribution in [2.75, 3.05) is 6.54 Å². The summed E-state index contributed by atoms with van der Waals surface area (Å²) >= 11 is 0. The summed E-state index contributed by atoms with van der Waals surface area (Å²) in [6.07, 6.45) is 23.1. The van der Waals surface area contributed by atoms with E-state index in [1.807, 2.05) is 0 Å². The number of nitrogens with two attached hydrogens (primary N) is 1. The van der Waals surface area contributed by atoms with E-state index in [1.165, 1.54) is 103 Å². The molecule has 0 atom stereocenters. The Morgan fingerprint density at radius 2 is 0.919 bits per heavy atom. The third-order valence-corrected chi connectivity index (χ3v) is 5.38. The molecule has 7 nitrogen and oxygen atoms in total. The average Bonchev–Trinajstić information content (AvgIpc) is 2.87. The van der Waals surface area contributed by atoms with Gasteiger partial charge in [0.15, 0.2) is 0 Å². The number of aromatic carboxylic acids is 1. The number of rotatable bonds is 18. The van der Waals surface area contributed by atoms with E-state index in [2.05, 4.69) is 6.92 Å². The molecule has 0 bridgehead atoms. The Bertz CT molecular complexity index is 602. The molecule has 0 heterocycles. The molecular formula is C30H55NO6. The second-order valence-electron chi connectivity index (χ2n) is 9.03. The topological polar surface area (TPSA) is 138 Å². The highest BCUT2D eigenvalue weighted by atomic mass is 16.4. The molecule has 0 aliphatic carbocycles. The molecule has 0 saturated heterocycles. The van der Waals surface area contributed by atoms with E-state index in [4.69, 9.17) is 25.8 Å². The SMILES string of the molecule is CC(=O)O.CCC(=O)O.CCCCCCCCCCCCCCCCCCN.O=C(O)c1ccccc1. The maximum Gasteiger partial charge on any atom is 0.335 e. The Labute approximate surface area is 225 Å². The van der Waals surface area contributed by atoms with Crippen LogP contribution in [0.1, 0.15) is 140 Å². The van der Waals surface area contributed by atoms with Gasteiger partial charge in [-0.1, -0.05) is 128 Å². The highest BCUT2D eigenvalue weighted by molar-refractivity contribution is 5.87. The van der Waals surface area contributed by atoms with Crippen molar-refractivity contribution in [2.24, 2.45) is 5.73 Å². The van der Waals surface area contributed by atoms with Gasteiger partial charge in [0.2, 0.25) is 0 Å². The normalized spacial score (nSPS) is 9.51. The molecule has 0 saturated carbocycles. The molecule has 0 aliphatic rings. The highest BCUT2D eigenvalue weighted by Crippen LogP contribution is 2.13. The lowest BCUT2D eigenvalue weighted by Crippen LogP contribution is -1.97. The number of aliphatic carboxylic acids is 2. The predicted octanol–water partition coefficient (Wildman–Crippen LogP) is 8.16. The van der Waals surface area contributed by atoms with E-state index < -0.39 is 17.9 Å². The molecule has 0 spiro atoms. The van der Waals surface area contributed by atoms with Gasteiger partial charge < -0.3 is 21.1 Å². The highest BCUT2D eigenvalue weighted by Gasteiger charge is 1.97. The summed E-state index contributed by atoms with van der Waals surface area (Å²) in [5.41, 5.74) is 5.81. The van der Waals surface area contributed by atoms with Gasteiger partial charge in [0.25, 0.3) is 5.97 Å². The van der Waals surface area contributed by atoms with Crippen LogP contribution in [0.3, 0.4) is 0 Å². The van der Waals surface area contributed by atoms with Crippen LogP contribution in [0.5, 0.6) is 0 Å². The molecule has 0 aromatic heterocycles. The first-order valence-corrected chi connectivity index (χ1v) is 14.1. The Kier molecular flexibility index (Phi) is 35.5. The summed E-state index contributed by atoms with van der Waals surface area (Å²) in [5.74, 6) is -2.46. The van der Waals surface area contributed by atoms with Gasteiger partial charge in [-0.25, -0.2) is 4.79 Å². The number of hydrogen-bond acceptors (Lipinski definition) is 4. The summed E-state index contributed by atoms with van der Waals surface area (Å²) in [6, 6.07) is 8.30. The van der Waals surface area contributed by atoms with E-state index in [0.717, 1.165) is 13.5 Å². The Balaban J connectivity index is -0.000000523. The van der Waals surface area contributed by atoms with Crippen LogP contribution in [0.2, 0.25) is 0 Å². The van der Waals surface area contributed by atoms with Gasteiger partial charge in [-0.05, 0) is 25.1 Å². The summed E-state index contributed by atoms with van der Waals surface area (Å²) in [4.78, 5) is 28.6. The van der Waals surface area contributed by atoms with Crippen molar-refractivity contribution in [1.82, 2.24) is 0 Å². The Morgan fingerprint density at radius 3 is 1.14 bits per heavy atom. The molecule has 216 valence electrons. The number of carbonyl (C=O) groups is 3. The summed E-state index contributed by atoms with van der Waals surface area (Å²) in [7, 11) is 0. The van der Waals surface area contributed by atoms with Crippen molar-refractivity contribution in [1.29, 1.82) is 0 Å². The molecule has 5 N–H and O–H groups in total. The lowest BCUT2D eigenvalue weighted by Gasteiger charge is -2.03. The van der Waals surface area contributed by atoms with Crippen LogP contribution in [-0.4, -0.2) is 39.8 Å². The van der Waals surface area contributed by atoms with E-state index in [0.29, 0.717) is 5.56 Å². The van der Waals surface area contributed by atoms with Crippen LogP contribution in [0.15, 0.2) is 30.3 Å². The van der Waals surface area contributed by atoms with Gasteiger partial charge in [-0.15, -0.1) is 0 Å². The zero-order valence-corrected chi connectivity index (χ0v) is 23.8. The molecule has 1 aromatic rings. The molecule has 0 radical (unpaired) electrons. The third kappa shape index (κ3) is 44.0. The number of benzene rings is 1. The fourth-order valence-electron chi connectivity index (χ4n) is 3.27. The molecule has 1 aromatic carbocycles. The first-order chi connectivity index (χ1) is 17.7. The van der Waals surface area contributed by atoms with Gasteiger partial charge in [0.1, 0.15) is 0 Å². The summed E-state index contributed by atoms with van der Waals surface area (Å²) in [5, 5.41) is 23.5. The fourth-order valence-corrected chi connectivity index (χ4v) is 3.27. The van der Waals surface area contributed by atoms with Crippen LogP contribution in [0.4, 0.5) is 0 Å². The lowest BCUT2D eigenvalue weighted by molar-refractivity contribution is -0.137. The van der Waals surface area contributed by atoms with Gasteiger partial charge >= 0.3 is 11.9 Å². The van der Waals surface area contributed by atoms with Crippen molar-refractivity contribution < 1.29 is 29.7 Å². The lowest BCUT2D eigenvalue weighted by atomic mass is 10.0. The minimum absolute atomic E-state index is 0.222. The zero-order valence-electron chi connectivity index (χ0n) is 23.8. The smallest absolute Gasteiger partial charge is 0.335 e. The third-order valence-electron chi connectivity index (χ3n) is 5.38. The predicted molar refractivity (Wildman–Crippen MR) is 153 cm³/mol. The second kappa shape index (κ2) is 33.6. The Hall–Kier alpha value is -2.41. The van der Waals surface area contributed by atoms with Crippen LogP contribution >= 0.6 is 0 Å². The van der Waals surface area contributed by atoms with E-state index in [-0.39, 0.29) is 6.42 Å². The molecule has 0 fully saturated rings.